The quantitative estimate of drug-likeness (QED) is 0.0469. The first kappa shape index (κ1) is 102. The minimum Gasteiger partial charge on any atom is -0.462 e. The van der Waals surface area contributed by atoms with Crippen molar-refractivity contribution < 1.29 is 139 Å². The van der Waals surface area contributed by atoms with E-state index in [1.807, 2.05) is 135 Å². The van der Waals surface area contributed by atoms with Gasteiger partial charge in [-0.15, -0.1) is 142 Å². The van der Waals surface area contributed by atoms with Gasteiger partial charge in [-0.25, -0.2) is 19.9 Å². The first-order valence-electron chi connectivity index (χ1n) is 44.7. The SMILES string of the molecule is CC(O)CC(C)O.CC(O)CC(C)O.CC(O)CC(C)O.CC(O)CC(C)O.Cc1c[c-]c(-c2ncnc3c2oc2ccccc23)cc1.Cc1cc[c-]c(-c2ncnc3c2oc2ccccc23)c1.[Ir].[Ir].[Ir].[Ir].[c-]1ccc(C2C3CC4CC(C3)CC2C4)cc1-c1ncnc2c1oc1ccccc12.[c-]1ccccc1-c1ncnc2c1oc1cccc(C34CC5CC(CC(C5)C3)C4)c12. The molecule has 4 radical (unpaired) electrons. The molecule has 0 saturated heterocycles. The maximum absolute atomic E-state index is 8.56. The summed E-state index contributed by atoms with van der Waals surface area (Å²) in [6.45, 7) is 17.4. The maximum atomic E-state index is 8.56. The van der Waals surface area contributed by atoms with Gasteiger partial charge in [0, 0.05) is 125 Å². The van der Waals surface area contributed by atoms with Crippen molar-refractivity contribution >= 4 is 88.3 Å². The summed E-state index contributed by atoms with van der Waals surface area (Å²) in [5.41, 5.74) is 22.7. The first-order chi connectivity index (χ1) is 60.8. The monoisotopic (exact) mass is 2460 g/mol. The Morgan fingerprint density at radius 1 is 0.331 bits per heavy atom. The topological polar surface area (TPSA) is 318 Å². The fraction of sp³-hybridized carbons (Fsp3) is 0.396. The van der Waals surface area contributed by atoms with Gasteiger partial charge in [0.15, 0.2) is 0 Å². The number of furan rings is 4. The number of hydrogen-bond donors (Lipinski definition) is 8. The third kappa shape index (κ3) is 24.6. The molecule has 8 aromatic heterocycles. The number of aliphatic hydroxyl groups is 8. The van der Waals surface area contributed by atoms with E-state index in [-0.39, 0.29) is 129 Å². The van der Waals surface area contributed by atoms with Crippen LogP contribution in [0.4, 0.5) is 0 Å². The molecule has 16 aromatic rings. The molecule has 8 unspecified atom stereocenters. The number of aliphatic hydroxyl groups excluding tert-OH is 8. The number of para-hydroxylation sites is 3. The van der Waals surface area contributed by atoms with Gasteiger partial charge in [-0.05, 0) is 252 Å². The second kappa shape index (κ2) is 46.5. The Hall–Kier alpha value is -8.44. The number of aromatic nitrogens is 8. The fourth-order valence-corrected chi connectivity index (χ4v) is 21.0. The predicted molar refractivity (Wildman–Crippen MR) is 495 cm³/mol. The Morgan fingerprint density at radius 3 is 1.08 bits per heavy atom. The summed E-state index contributed by atoms with van der Waals surface area (Å²) in [6, 6.07) is 70.3. The minimum absolute atomic E-state index is 0. The summed E-state index contributed by atoms with van der Waals surface area (Å²) < 4.78 is 24.4. The van der Waals surface area contributed by atoms with E-state index in [0.717, 1.165) is 164 Å². The van der Waals surface area contributed by atoms with Crippen molar-refractivity contribution in [2.45, 2.75) is 226 Å². The van der Waals surface area contributed by atoms with Crippen molar-refractivity contribution in [3.8, 4) is 45.0 Å². The molecule has 8 aliphatic rings. The van der Waals surface area contributed by atoms with Crippen molar-refractivity contribution in [1.82, 2.24) is 39.9 Å². The molecule has 692 valence electrons. The van der Waals surface area contributed by atoms with E-state index in [2.05, 4.69) is 108 Å². The van der Waals surface area contributed by atoms with Crippen LogP contribution in [0.2, 0.25) is 0 Å². The molecule has 20 nitrogen and oxygen atoms in total. The van der Waals surface area contributed by atoms with Gasteiger partial charge in [-0.2, -0.15) is 0 Å². The van der Waals surface area contributed by atoms with E-state index in [0.29, 0.717) is 42.6 Å². The van der Waals surface area contributed by atoms with Crippen LogP contribution in [0.15, 0.2) is 213 Å². The molecular formula is C106H116Ir4N8O12-4. The molecule has 8 N–H and O–H groups in total. The summed E-state index contributed by atoms with van der Waals surface area (Å²) in [7, 11) is 0. The molecule has 8 aliphatic carbocycles. The van der Waals surface area contributed by atoms with E-state index in [9.17, 15) is 0 Å². The molecule has 24 heteroatoms. The largest absolute Gasteiger partial charge is 0.462 e. The summed E-state index contributed by atoms with van der Waals surface area (Å²) in [4.78, 5) is 35.9. The second-order valence-electron chi connectivity index (χ2n) is 36.4. The van der Waals surface area contributed by atoms with Crippen molar-refractivity contribution in [1.29, 1.82) is 0 Å². The van der Waals surface area contributed by atoms with Crippen LogP contribution in [0.5, 0.6) is 0 Å². The van der Waals surface area contributed by atoms with Gasteiger partial charge < -0.3 is 58.5 Å². The Bertz CT molecular complexity index is 6170. The molecule has 8 atom stereocenters. The molecule has 8 fully saturated rings. The molecule has 0 aliphatic heterocycles. The van der Waals surface area contributed by atoms with E-state index in [4.69, 9.17) is 63.5 Å². The Balaban J connectivity index is 0.000000152. The first-order valence-corrected chi connectivity index (χ1v) is 44.7. The normalized spacial score (nSPS) is 21.1. The van der Waals surface area contributed by atoms with Gasteiger partial charge >= 0.3 is 0 Å². The predicted octanol–water partition coefficient (Wildman–Crippen LogP) is 21.5. The number of fused-ring (bicyclic) bond motifs is 12. The molecule has 24 rings (SSSR count). The zero-order valence-electron chi connectivity index (χ0n) is 74.9. The second-order valence-corrected chi connectivity index (χ2v) is 36.4. The average Bonchev–Trinajstić information content (AvgIpc) is 1.37. The molecular weight excluding hydrogens is 2350 g/mol. The number of benzene rings is 8. The Kier molecular flexibility index (Phi) is 36.5. The number of aryl methyl sites for hydroxylation is 2. The molecule has 8 saturated carbocycles. The molecule has 130 heavy (non-hydrogen) atoms. The van der Waals surface area contributed by atoms with Crippen LogP contribution in [-0.2, 0) is 85.8 Å². The molecule has 8 aromatic carbocycles. The Morgan fingerprint density at radius 2 is 0.685 bits per heavy atom. The van der Waals surface area contributed by atoms with Crippen molar-refractivity contribution in [3.05, 3.63) is 242 Å². The summed E-state index contributed by atoms with van der Waals surface area (Å²) in [5, 5.41) is 72.8. The molecule has 0 amide bonds. The van der Waals surface area contributed by atoms with Crippen molar-refractivity contribution in [2.24, 2.45) is 41.4 Å². The van der Waals surface area contributed by atoms with Crippen LogP contribution in [0.1, 0.15) is 180 Å². The van der Waals surface area contributed by atoms with Crippen molar-refractivity contribution in [2.75, 3.05) is 0 Å². The van der Waals surface area contributed by atoms with Gasteiger partial charge in [-0.1, -0.05) is 62.4 Å². The van der Waals surface area contributed by atoms with Crippen LogP contribution in [0, 0.1) is 79.5 Å². The fourth-order valence-electron chi connectivity index (χ4n) is 21.0. The van der Waals surface area contributed by atoms with Gasteiger partial charge in [0.1, 0.15) is 92.0 Å². The van der Waals surface area contributed by atoms with Crippen LogP contribution >= 0.6 is 0 Å². The van der Waals surface area contributed by atoms with Crippen LogP contribution in [-0.4, -0.2) is 130 Å². The third-order valence-corrected chi connectivity index (χ3v) is 25.2. The zero-order chi connectivity index (χ0) is 88.5. The third-order valence-electron chi connectivity index (χ3n) is 25.2. The van der Waals surface area contributed by atoms with Gasteiger partial charge in [0.05, 0.1) is 48.8 Å². The van der Waals surface area contributed by atoms with E-state index < -0.39 is 0 Å². The number of hydrogen-bond acceptors (Lipinski definition) is 20. The minimum atomic E-state index is -0.375. The van der Waals surface area contributed by atoms with Gasteiger partial charge in [0.2, 0.25) is 0 Å². The average molecular weight is 2460 g/mol. The maximum Gasteiger partial charge on any atom is 0.138 e. The molecule has 0 spiro atoms. The van der Waals surface area contributed by atoms with Gasteiger partial charge in [-0.3, -0.25) is 19.9 Å². The summed E-state index contributed by atoms with van der Waals surface area (Å²) in [5.74, 6) is 7.21. The van der Waals surface area contributed by atoms with Crippen molar-refractivity contribution in [3.63, 3.8) is 0 Å². The number of nitrogens with zero attached hydrogens (tertiary/aromatic N) is 8. The van der Waals surface area contributed by atoms with Crippen LogP contribution in [0.3, 0.4) is 0 Å². The zero-order valence-corrected chi connectivity index (χ0v) is 84.5. The van der Waals surface area contributed by atoms with Crippen LogP contribution < -0.4 is 0 Å². The van der Waals surface area contributed by atoms with E-state index in [1.54, 1.807) is 80.7 Å². The number of rotatable bonds is 14. The van der Waals surface area contributed by atoms with Crippen LogP contribution in [0.25, 0.3) is 133 Å². The molecule has 8 bridgehead atoms. The van der Waals surface area contributed by atoms with E-state index >= 15 is 0 Å². The van der Waals surface area contributed by atoms with E-state index in [1.165, 1.54) is 98.3 Å². The summed E-state index contributed by atoms with van der Waals surface area (Å²) in [6.07, 6.45) is 21.0. The Labute approximate surface area is 814 Å². The smallest absolute Gasteiger partial charge is 0.138 e. The molecule has 8 heterocycles. The summed E-state index contributed by atoms with van der Waals surface area (Å²) >= 11 is 0. The standard InChI is InChI=1S/2C26H23N2O.2C17H11N2O.4C5H12O2.4Ir/c1-2-7-22-21(6-1)25-26(29-22)24(27-14-28-25)18-5-3-4-17(13-18)23-19-9-15-8-16(11-19)12-20(23)10-15;1-2-5-19(6-3-1)23-25-24(28-15-27-23)22-20(7-4-8-21(22)29-25)26-12-16-9-17(13-26)11-18(10-16)14-26;1-11-5-4-6-12(9-11)15-17-16(19-10-18-15)13-7-2-3-8-14(13)20-17;1-11-6-8-12(9-7-11)15-17-16(19-10-18-15)13-4-2-3-5-14(13)20-17;4*1-4(6)3-5(2)7;;;;/h1-4,6-7,13-16,19-20,23H,8-12H2;1-5,7-8,15-18H,9-14H2;2-5,7-10H,1H3;2-8,10H,1H3;4*4-7H,3H2,1-2H3;;;;/q4*-1;;;;;;;;. The van der Waals surface area contributed by atoms with Gasteiger partial charge in [0.25, 0.3) is 0 Å².